The summed E-state index contributed by atoms with van der Waals surface area (Å²) in [6.07, 6.45) is 0. The lowest BCUT2D eigenvalue weighted by atomic mass is 9.95. The Kier molecular flexibility index (Phi) is 6.95. The lowest BCUT2D eigenvalue weighted by Gasteiger charge is -2.21. The Balaban J connectivity index is 2.48. The fourth-order valence-corrected chi connectivity index (χ4v) is 2.24. The summed E-state index contributed by atoms with van der Waals surface area (Å²) in [6.45, 7) is 8.59. The van der Waals surface area contributed by atoms with Crippen LogP contribution in [-0.4, -0.2) is 30.3 Å². The smallest absolute Gasteiger partial charge is 0.243 e. The van der Waals surface area contributed by atoms with Crippen LogP contribution < -0.4 is 16.0 Å². The lowest BCUT2D eigenvalue weighted by Crippen LogP contribution is -2.49. The second-order valence-corrected chi connectivity index (χ2v) is 7.59. The van der Waals surface area contributed by atoms with Crippen LogP contribution in [0.5, 0.6) is 0 Å². The fourth-order valence-electron chi connectivity index (χ4n) is 1.76. The fraction of sp³-hybridized carbons (Fsp3) is 0.471. The highest BCUT2D eigenvalue weighted by molar-refractivity contribution is 9.10. The number of hydrogen-bond acceptors (Lipinski definition) is 3. The van der Waals surface area contributed by atoms with Crippen LogP contribution in [0, 0.1) is 12.3 Å². The summed E-state index contributed by atoms with van der Waals surface area (Å²) >= 11 is 3.36. The van der Waals surface area contributed by atoms with Crippen LogP contribution in [0.4, 0.5) is 5.69 Å². The average Bonchev–Trinajstić information content (AvgIpc) is 2.46. The van der Waals surface area contributed by atoms with Gasteiger partial charge in [-0.1, -0.05) is 36.7 Å². The molecule has 1 rings (SSSR count). The summed E-state index contributed by atoms with van der Waals surface area (Å²) in [5, 5.41) is 7.87. The third-order valence-electron chi connectivity index (χ3n) is 3.31. The van der Waals surface area contributed by atoms with Gasteiger partial charge in [-0.3, -0.25) is 14.4 Å². The Morgan fingerprint density at radius 3 is 2.38 bits per heavy atom. The molecular formula is C17H24BrN3O3. The number of amides is 3. The van der Waals surface area contributed by atoms with Crippen LogP contribution in [0.15, 0.2) is 22.7 Å². The molecule has 0 fully saturated rings. The van der Waals surface area contributed by atoms with Gasteiger partial charge >= 0.3 is 0 Å². The monoisotopic (exact) mass is 397 g/mol. The molecule has 3 N–H and O–H groups in total. The van der Waals surface area contributed by atoms with Crippen molar-refractivity contribution in [2.75, 3.05) is 11.9 Å². The van der Waals surface area contributed by atoms with Gasteiger partial charge in [0.05, 0.1) is 6.54 Å². The molecule has 0 bridgehead atoms. The van der Waals surface area contributed by atoms with Crippen LogP contribution in [0.1, 0.15) is 33.3 Å². The van der Waals surface area contributed by atoms with Crippen molar-refractivity contribution in [1.82, 2.24) is 10.6 Å². The van der Waals surface area contributed by atoms with Gasteiger partial charge in [0.1, 0.15) is 6.04 Å². The molecule has 0 heterocycles. The van der Waals surface area contributed by atoms with Crippen molar-refractivity contribution in [3.05, 3.63) is 28.2 Å². The molecular weight excluding hydrogens is 374 g/mol. The van der Waals surface area contributed by atoms with E-state index in [2.05, 4.69) is 31.9 Å². The topological polar surface area (TPSA) is 87.3 Å². The number of benzene rings is 1. The first-order chi connectivity index (χ1) is 11.0. The van der Waals surface area contributed by atoms with E-state index in [1.54, 1.807) is 33.8 Å². The third-order valence-corrected chi connectivity index (χ3v) is 3.80. The van der Waals surface area contributed by atoms with Gasteiger partial charge in [0.25, 0.3) is 0 Å². The summed E-state index contributed by atoms with van der Waals surface area (Å²) in [7, 11) is 0. The molecule has 0 spiro atoms. The van der Waals surface area contributed by atoms with E-state index in [-0.39, 0.29) is 18.4 Å². The number of anilines is 1. The van der Waals surface area contributed by atoms with E-state index in [1.807, 2.05) is 19.1 Å². The van der Waals surface area contributed by atoms with Gasteiger partial charge in [0.15, 0.2) is 0 Å². The first-order valence-corrected chi connectivity index (χ1v) is 8.44. The van der Waals surface area contributed by atoms with Crippen LogP contribution >= 0.6 is 15.9 Å². The molecule has 7 heteroatoms. The number of carbonyl (C=O) groups is 3. The van der Waals surface area contributed by atoms with Crippen LogP contribution in [0.3, 0.4) is 0 Å². The minimum Gasteiger partial charge on any atom is -0.345 e. The van der Waals surface area contributed by atoms with E-state index in [1.165, 1.54) is 0 Å². The van der Waals surface area contributed by atoms with Crippen molar-refractivity contribution in [2.45, 2.75) is 40.7 Å². The molecule has 0 saturated heterocycles. The van der Waals surface area contributed by atoms with Gasteiger partial charge < -0.3 is 16.0 Å². The Hall–Kier alpha value is -1.89. The van der Waals surface area contributed by atoms with Crippen LogP contribution in [0.2, 0.25) is 0 Å². The number of hydrogen-bond donors (Lipinski definition) is 3. The van der Waals surface area contributed by atoms with Gasteiger partial charge in [-0.25, -0.2) is 0 Å². The van der Waals surface area contributed by atoms with E-state index >= 15 is 0 Å². The Morgan fingerprint density at radius 1 is 1.21 bits per heavy atom. The van der Waals surface area contributed by atoms with E-state index in [0.717, 1.165) is 10.0 Å². The van der Waals surface area contributed by atoms with Crippen molar-refractivity contribution in [1.29, 1.82) is 0 Å². The number of nitrogens with one attached hydrogen (secondary N) is 3. The van der Waals surface area contributed by atoms with Crippen molar-refractivity contribution in [2.24, 2.45) is 5.41 Å². The second-order valence-electron chi connectivity index (χ2n) is 6.67. The molecule has 24 heavy (non-hydrogen) atoms. The maximum Gasteiger partial charge on any atom is 0.243 e. The molecule has 0 aromatic heterocycles. The predicted molar refractivity (Wildman–Crippen MR) is 97.6 cm³/mol. The van der Waals surface area contributed by atoms with Crippen molar-refractivity contribution in [3.63, 3.8) is 0 Å². The van der Waals surface area contributed by atoms with Crippen LogP contribution in [-0.2, 0) is 14.4 Å². The van der Waals surface area contributed by atoms with Gasteiger partial charge in [0.2, 0.25) is 17.7 Å². The highest BCUT2D eigenvalue weighted by atomic mass is 79.9. The molecule has 1 unspecified atom stereocenters. The number of halogens is 1. The first kappa shape index (κ1) is 20.2. The molecule has 0 saturated carbocycles. The summed E-state index contributed by atoms with van der Waals surface area (Å²) in [5.74, 6) is -0.960. The van der Waals surface area contributed by atoms with Gasteiger partial charge in [-0.05, 0) is 37.6 Å². The first-order valence-electron chi connectivity index (χ1n) is 7.65. The standard InChI is InChI=1S/C17H24BrN3O3/c1-10-8-12(18)6-7-13(10)21-14(22)9-19-15(23)11(2)20-16(24)17(3,4)5/h6-8,11H,9H2,1-5H3,(H,19,23)(H,20,24)(H,21,22). The van der Waals surface area contributed by atoms with E-state index in [9.17, 15) is 14.4 Å². The second kappa shape index (κ2) is 8.28. The van der Waals surface area contributed by atoms with Crippen LogP contribution in [0.25, 0.3) is 0 Å². The molecule has 3 amide bonds. The summed E-state index contributed by atoms with van der Waals surface area (Å²) in [5.41, 5.74) is 1.02. The predicted octanol–water partition coefficient (Wildman–Crippen LogP) is 2.36. The van der Waals surface area contributed by atoms with Gasteiger partial charge in [-0.2, -0.15) is 0 Å². The van der Waals surface area contributed by atoms with Crippen molar-refractivity contribution >= 4 is 39.3 Å². The summed E-state index contributed by atoms with van der Waals surface area (Å²) in [4.78, 5) is 35.7. The molecule has 1 aromatic rings. The molecule has 0 radical (unpaired) electrons. The zero-order chi connectivity index (χ0) is 18.5. The highest BCUT2D eigenvalue weighted by Crippen LogP contribution is 2.19. The van der Waals surface area contributed by atoms with Crippen molar-refractivity contribution < 1.29 is 14.4 Å². The highest BCUT2D eigenvalue weighted by Gasteiger charge is 2.25. The zero-order valence-corrected chi connectivity index (χ0v) is 16.2. The van der Waals surface area contributed by atoms with Crippen molar-refractivity contribution in [3.8, 4) is 0 Å². The number of aryl methyl sites for hydroxylation is 1. The maximum atomic E-state index is 12.0. The number of carbonyl (C=O) groups excluding carboxylic acids is 3. The third kappa shape index (κ3) is 6.31. The molecule has 1 aromatic carbocycles. The van der Waals surface area contributed by atoms with E-state index < -0.39 is 17.4 Å². The van der Waals surface area contributed by atoms with Gasteiger partial charge in [-0.15, -0.1) is 0 Å². The number of rotatable bonds is 5. The lowest BCUT2D eigenvalue weighted by molar-refractivity contribution is -0.133. The Bertz CT molecular complexity index is 638. The molecule has 0 aliphatic rings. The van der Waals surface area contributed by atoms with E-state index in [0.29, 0.717) is 5.69 Å². The molecule has 1 atom stereocenters. The molecule has 132 valence electrons. The normalized spacial score (nSPS) is 12.2. The zero-order valence-electron chi connectivity index (χ0n) is 14.6. The Morgan fingerprint density at radius 2 is 1.83 bits per heavy atom. The minimum absolute atomic E-state index is 0.163. The van der Waals surface area contributed by atoms with Gasteiger partial charge in [0, 0.05) is 15.6 Å². The summed E-state index contributed by atoms with van der Waals surface area (Å²) in [6, 6.07) is 4.79. The Labute approximate surface area is 150 Å². The molecule has 0 aliphatic heterocycles. The minimum atomic E-state index is -0.709. The quantitative estimate of drug-likeness (QED) is 0.712. The van der Waals surface area contributed by atoms with E-state index in [4.69, 9.17) is 0 Å². The SMILES string of the molecule is Cc1cc(Br)ccc1NC(=O)CNC(=O)C(C)NC(=O)C(C)(C)C. The average molecular weight is 398 g/mol. The molecule has 6 nitrogen and oxygen atoms in total. The summed E-state index contributed by atoms with van der Waals surface area (Å²) < 4.78 is 0.926. The molecule has 0 aliphatic carbocycles. The maximum absolute atomic E-state index is 12.0. The largest absolute Gasteiger partial charge is 0.345 e.